The molecule has 0 saturated carbocycles. The molecule has 0 spiro atoms. The van der Waals surface area contributed by atoms with Gasteiger partial charge in [-0.25, -0.2) is 13.4 Å². The molecular weight excluding hydrogens is 657 g/mol. The summed E-state index contributed by atoms with van der Waals surface area (Å²) in [7, 11) is 0.0769. The SMILES string of the molecule is C=Cc1cnc(Nc2cc(CC)c(C(=O)N3CCC(N4CCN(C)CC4)CC3)cc2OC)nc1Nc1ccc2nccnc2c1NS(C)(=O)=O. The lowest BCUT2D eigenvalue weighted by Gasteiger charge is -2.42. The molecule has 4 aromatic rings. The van der Waals surface area contributed by atoms with Crippen LogP contribution in [0.3, 0.4) is 0 Å². The molecule has 2 aromatic carbocycles. The molecule has 4 heterocycles. The van der Waals surface area contributed by atoms with Gasteiger partial charge in [-0.3, -0.25) is 24.4 Å². The Hall–Kier alpha value is -4.86. The van der Waals surface area contributed by atoms with Crippen LogP contribution in [0, 0.1) is 0 Å². The van der Waals surface area contributed by atoms with Gasteiger partial charge in [-0.05, 0) is 56.1 Å². The van der Waals surface area contributed by atoms with Crippen LogP contribution in [-0.2, 0) is 16.4 Å². The molecular formula is C35H44N10O4S. The average molecular weight is 701 g/mol. The molecule has 50 heavy (non-hydrogen) atoms. The van der Waals surface area contributed by atoms with Gasteiger partial charge in [-0.15, -0.1) is 0 Å². The molecule has 2 aliphatic heterocycles. The molecule has 0 atom stereocenters. The Bertz CT molecular complexity index is 1990. The number of likely N-dealkylation sites (N-methyl/N-ethyl adjacent to an activating group) is 1. The fourth-order valence-electron chi connectivity index (χ4n) is 6.55. The van der Waals surface area contributed by atoms with E-state index < -0.39 is 10.0 Å². The molecule has 0 unspecified atom stereocenters. The van der Waals surface area contributed by atoms with E-state index in [-0.39, 0.29) is 17.5 Å². The summed E-state index contributed by atoms with van der Waals surface area (Å²) in [5.74, 6) is 1.12. The number of ether oxygens (including phenoxy) is 1. The quantitative estimate of drug-likeness (QED) is 0.204. The molecule has 2 aromatic heterocycles. The summed E-state index contributed by atoms with van der Waals surface area (Å²) >= 11 is 0. The van der Waals surface area contributed by atoms with Crippen LogP contribution in [0.4, 0.5) is 28.8 Å². The number of fused-ring (bicyclic) bond motifs is 1. The summed E-state index contributed by atoms with van der Waals surface area (Å²) in [4.78, 5) is 38.6. The number of nitrogens with one attached hydrogen (secondary N) is 3. The smallest absolute Gasteiger partial charge is 0.254 e. The number of amides is 1. The van der Waals surface area contributed by atoms with Crippen LogP contribution in [-0.4, -0.2) is 115 Å². The maximum Gasteiger partial charge on any atom is 0.254 e. The van der Waals surface area contributed by atoms with Gasteiger partial charge in [-0.2, -0.15) is 4.98 Å². The van der Waals surface area contributed by atoms with Gasteiger partial charge in [0.15, 0.2) is 0 Å². The number of aryl methyl sites for hydroxylation is 1. The normalized spacial score (nSPS) is 16.3. The van der Waals surface area contributed by atoms with Crippen molar-refractivity contribution in [3.8, 4) is 5.75 Å². The van der Waals surface area contributed by atoms with Gasteiger partial charge in [0.2, 0.25) is 16.0 Å². The Labute approximate surface area is 293 Å². The van der Waals surface area contributed by atoms with E-state index in [2.05, 4.69) is 53.7 Å². The van der Waals surface area contributed by atoms with Crippen molar-refractivity contribution in [1.29, 1.82) is 0 Å². The topological polar surface area (TPSA) is 158 Å². The van der Waals surface area contributed by atoms with Crippen LogP contribution in [0.1, 0.15) is 41.3 Å². The van der Waals surface area contributed by atoms with Gasteiger partial charge in [0.1, 0.15) is 17.1 Å². The molecule has 0 aliphatic carbocycles. The number of piperazine rings is 1. The Morgan fingerprint density at radius 1 is 1.02 bits per heavy atom. The summed E-state index contributed by atoms with van der Waals surface area (Å²) in [6, 6.07) is 7.67. The maximum absolute atomic E-state index is 13.9. The Balaban J connectivity index is 1.23. The van der Waals surface area contributed by atoms with Crippen LogP contribution >= 0.6 is 0 Å². The lowest BCUT2D eigenvalue weighted by atomic mass is 9.98. The molecule has 2 aliphatic rings. The highest BCUT2D eigenvalue weighted by Gasteiger charge is 2.30. The maximum atomic E-state index is 13.9. The second kappa shape index (κ2) is 14.9. The highest BCUT2D eigenvalue weighted by atomic mass is 32.2. The highest BCUT2D eigenvalue weighted by molar-refractivity contribution is 7.92. The van der Waals surface area contributed by atoms with Crippen LogP contribution in [0.2, 0.25) is 0 Å². The number of benzene rings is 2. The number of nitrogens with zero attached hydrogens (tertiary/aromatic N) is 7. The zero-order valence-electron chi connectivity index (χ0n) is 28.9. The second-order valence-corrected chi connectivity index (χ2v) is 14.4. The third-order valence-electron chi connectivity index (χ3n) is 9.31. The van der Waals surface area contributed by atoms with Gasteiger partial charge in [-0.1, -0.05) is 19.6 Å². The zero-order valence-corrected chi connectivity index (χ0v) is 29.8. The number of piperidine rings is 1. The van der Waals surface area contributed by atoms with Crippen LogP contribution < -0.4 is 20.1 Å². The molecule has 2 saturated heterocycles. The van der Waals surface area contributed by atoms with Gasteiger partial charge in [0, 0.05) is 75.0 Å². The number of aromatic nitrogens is 4. The number of likely N-dealkylation sites (tertiary alicyclic amines) is 1. The Morgan fingerprint density at radius 3 is 2.44 bits per heavy atom. The molecule has 14 nitrogen and oxygen atoms in total. The van der Waals surface area contributed by atoms with Crippen molar-refractivity contribution in [2.75, 3.05) is 75.0 Å². The third kappa shape index (κ3) is 7.79. The summed E-state index contributed by atoms with van der Waals surface area (Å²) in [6.07, 6.45) is 9.89. The summed E-state index contributed by atoms with van der Waals surface area (Å²) < 4.78 is 32.9. The van der Waals surface area contributed by atoms with Crippen LogP contribution in [0.5, 0.6) is 5.75 Å². The van der Waals surface area contributed by atoms with E-state index in [1.165, 1.54) is 12.4 Å². The number of methoxy groups -OCH3 is 1. The monoisotopic (exact) mass is 700 g/mol. The standard InChI is InChI=1S/C35H44N10O4S/c1-6-23-20-29(30(49-4)21-26(23)34(46)45-14-10-25(11-15-45)44-18-16-43(3)17-19-44)40-35-38-22-24(7-2)33(41-35)39-28-9-8-27-31(37-13-12-36-27)32(28)42-50(5,47)48/h7-9,12-13,20-22,25,42H,2,6,10-11,14-19H2,1,3-5H3,(H2,38,39,40,41). The molecule has 1 amide bonds. The van der Waals surface area contributed by atoms with Crippen molar-refractivity contribution in [1.82, 2.24) is 34.6 Å². The number of hydrogen-bond acceptors (Lipinski definition) is 12. The second-order valence-electron chi connectivity index (χ2n) is 12.7. The van der Waals surface area contributed by atoms with E-state index in [1.807, 2.05) is 17.9 Å². The minimum Gasteiger partial charge on any atom is -0.495 e. The predicted molar refractivity (Wildman–Crippen MR) is 197 cm³/mol. The van der Waals surface area contributed by atoms with Gasteiger partial charge in [0.05, 0.1) is 35.9 Å². The molecule has 3 N–H and O–H groups in total. The van der Waals surface area contributed by atoms with Crippen molar-refractivity contribution < 1.29 is 17.9 Å². The highest BCUT2D eigenvalue weighted by Crippen LogP contribution is 2.35. The molecule has 0 bridgehead atoms. The number of anilines is 5. The first kappa shape index (κ1) is 35.0. The third-order valence-corrected chi connectivity index (χ3v) is 9.88. The van der Waals surface area contributed by atoms with Crippen molar-refractivity contribution >= 4 is 61.9 Å². The molecule has 15 heteroatoms. The molecule has 2 fully saturated rings. The molecule has 6 rings (SSSR count). The van der Waals surface area contributed by atoms with Crippen molar-refractivity contribution in [2.45, 2.75) is 32.2 Å². The molecule has 0 radical (unpaired) electrons. The first-order valence-electron chi connectivity index (χ1n) is 16.7. The van der Waals surface area contributed by atoms with Crippen molar-refractivity contribution in [3.63, 3.8) is 0 Å². The zero-order chi connectivity index (χ0) is 35.4. The number of rotatable bonds is 11. The van der Waals surface area contributed by atoms with Crippen LogP contribution in [0.15, 0.2) is 49.4 Å². The number of carbonyl (C=O) groups is 1. The van der Waals surface area contributed by atoms with E-state index in [1.54, 1.807) is 37.6 Å². The number of carbonyl (C=O) groups excluding carboxylic acids is 1. The van der Waals surface area contributed by atoms with Crippen molar-refractivity contribution in [2.24, 2.45) is 0 Å². The summed E-state index contributed by atoms with van der Waals surface area (Å²) in [5.41, 5.74) is 4.25. The predicted octanol–water partition coefficient (Wildman–Crippen LogP) is 4.34. The Kier molecular flexibility index (Phi) is 10.5. The summed E-state index contributed by atoms with van der Waals surface area (Å²) in [6.45, 7) is 11.7. The van der Waals surface area contributed by atoms with E-state index >= 15 is 0 Å². The lowest BCUT2D eigenvalue weighted by molar-refractivity contribution is 0.0518. The van der Waals surface area contributed by atoms with Crippen LogP contribution in [0.25, 0.3) is 17.1 Å². The molecule has 264 valence electrons. The van der Waals surface area contributed by atoms with E-state index in [4.69, 9.17) is 9.72 Å². The van der Waals surface area contributed by atoms with Gasteiger partial charge < -0.3 is 25.2 Å². The fourth-order valence-corrected chi connectivity index (χ4v) is 7.13. The average Bonchev–Trinajstić information content (AvgIpc) is 3.12. The first-order valence-corrected chi connectivity index (χ1v) is 18.6. The minimum atomic E-state index is -3.66. The van der Waals surface area contributed by atoms with E-state index in [0.717, 1.165) is 63.9 Å². The lowest BCUT2D eigenvalue weighted by Crippen LogP contribution is -2.53. The van der Waals surface area contributed by atoms with Gasteiger partial charge in [0.25, 0.3) is 5.91 Å². The number of hydrogen-bond donors (Lipinski definition) is 3. The minimum absolute atomic E-state index is 0.0141. The fraction of sp³-hybridized carbons (Fsp3) is 0.400. The number of sulfonamides is 1. The Morgan fingerprint density at radius 2 is 1.76 bits per heavy atom. The first-order chi connectivity index (χ1) is 24.1. The van der Waals surface area contributed by atoms with Gasteiger partial charge >= 0.3 is 0 Å². The largest absolute Gasteiger partial charge is 0.495 e. The van der Waals surface area contributed by atoms with E-state index in [0.29, 0.717) is 57.6 Å². The van der Waals surface area contributed by atoms with Crippen molar-refractivity contribution in [3.05, 3.63) is 66.1 Å². The van der Waals surface area contributed by atoms with E-state index in [9.17, 15) is 13.2 Å². The summed E-state index contributed by atoms with van der Waals surface area (Å²) in [5, 5.41) is 6.49.